The van der Waals surface area contributed by atoms with E-state index in [-0.39, 0.29) is 12.2 Å². The molecule has 0 aliphatic rings. The molecule has 0 unspecified atom stereocenters. The zero-order valence-corrected chi connectivity index (χ0v) is 11.5. The molecule has 0 saturated carbocycles. The van der Waals surface area contributed by atoms with Gasteiger partial charge in [-0.2, -0.15) is 0 Å². The van der Waals surface area contributed by atoms with E-state index >= 15 is 0 Å². The van der Waals surface area contributed by atoms with Crippen molar-refractivity contribution in [1.29, 1.82) is 0 Å². The third kappa shape index (κ3) is 5.38. The van der Waals surface area contributed by atoms with Gasteiger partial charge in [-0.05, 0) is 42.5 Å². The molecule has 0 fully saturated rings. The minimum absolute atomic E-state index is 0.136. The molecule has 0 radical (unpaired) electrons. The predicted octanol–water partition coefficient (Wildman–Crippen LogP) is 3.88. The molecule has 1 N–H and O–H groups in total. The number of ether oxygens (including phenoxy) is 1. The molecule has 0 spiro atoms. The van der Waals surface area contributed by atoms with Gasteiger partial charge in [-0.15, -0.1) is 0 Å². The van der Waals surface area contributed by atoms with Crippen LogP contribution in [0.2, 0.25) is 0 Å². The first-order valence-corrected chi connectivity index (χ1v) is 6.43. The average Bonchev–Trinajstić information content (AvgIpc) is 2.34. The van der Waals surface area contributed by atoms with Crippen molar-refractivity contribution in [2.75, 3.05) is 6.61 Å². The quantitative estimate of drug-likeness (QED) is 0.610. The minimum atomic E-state index is -1.18. The average molecular weight is 284 g/mol. The number of carboxylic acid groups (broad SMARTS) is 1. The molecule has 1 aromatic rings. The Hall–Kier alpha value is -1.91. The first kappa shape index (κ1) is 16.1. The maximum atomic E-state index is 13.7. The fraction of sp³-hybridized carbons (Fsp3) is 0.400. The van der Waals surface area contributed by atoms with E-state index in [1.54, 1.807) is 0 Å². The number of carbonyl (C=O) groups is 1. The van der Waals surface area contributed by atoms with Crippen LogP contribution in [0.3, 0.4) is 0 Å². The van der Waals surface area contributed by atoms with Crippen molar-refractivity contribution < 1.29 is 23.4 Å². The molecule has 0 amide bonds. The molecule has 0 aromatic heterocycles. The van der Waals surface area contributed by atoms with Crippen molar-refractivity contribution in [3.05, 3.63) is 35.4 Å². The molecule has 0 saturated heterocycles. The molecule has 3 nitrogen and oxygen atoms in total. The number of carboxylic acids is 1. The Morgan fingerprint density at radius 3 is 2.45 bits per heavy atom. The summed E-state index contributed by atoms with van der Waals surface area (Å²) in [6.45, 7) is 4.37. The Labute approximate surface area is 116 Å². The van der Waals surface area contributed by atoms with E-state index < -0.39 is 23.4 Å². The van der Waals surface area contributed by atoms with Crippen molar-refractivity contribution in [3.8, 4) is 5.75 Å². The second-order valence-corrected chi connectivity index (χ2v) is 4.87. The first-order valence-electron chi connectivity index (χ1n) is 6.43. The third-order valence-electron chi connectivity index (χ3n) is 2.61. The van der Waals surface area contributed by atoms with E-state index in [4.69, 9.17) is 9.84 Å². The van der Waals surface area contributed by atoms with Gasteiger partial charge in [0.25, 0.3) is 0 Å². The molecule has 110 valence electrons. The summed E-state index contributed by atoms with van der Waals surface area (Å²) in [4.78, 5) is 10.3. The first-order chi connectivity index (χ1) is 9.40. The van der Waals surface area contributed by atoms with Crippen molar-refractivity contribution in [1.82, 2.24) is 0 Å². The molecule has 0 atom stereocenters. The fourth-order valence-electron chi connectivity index (χ4n) is 1.65. The lowest BCUT2D eigenvalue weighted by atomic mass is 10.1. The Morgan fingerprint density at radius 2 is 1.95 bits per heavy atom. The van der Waals surface area contributed by atoms with Crippen LogP contribution in [0.1, 0.15) is 32.3 Å². The summed E-state index contributed by atoms with van der Waals surface area (Å²) in [5.41, 5.74) is 0.136. The Kier molecular flexibility index (Phi) is 6.15. The van der Waals surface area contributed by atoms with Crippen LogP contribution in [0, 0.1) is 17.6 Å². The van der Waals surface area contributed by atoms with Gasteiger partial charge < -0.3 is 9.84 Å². The highest BCUT2D eigenvalue weighted by molar-refractivity contribution is 5.85. The molecule has 0 heterocycles. The van der Waals surface area contributed by atoms with Gasteiger partial charge in [-0.1, -0.05) is 13.8 Å². The molecule has 1 aromatic carbocycles. The summed E-state index contributed by atoms with van der Waals surface area (Å²) >= 11 is 0. The van der Waals surface area contributed by atoms with Crippen LogP contribution in [-0.2, 0) is 4.79 Å². The molecule has 1 rings (SSSR count). The number of halogens is 2. The topological polar surface area (TPSA) is 46.5 Å². The normalized spacial score (nSPS) is 11.2. The van der Waals surface area contributed by atoms with Gasteiger partial charge in [-0.25, -0.2) is 13.6 Å². The van der Waals surface area contributed by atoms with Crippen molar-refractivity contribution >= 4 is 12.0 Å². The van der Waals surface area contributed by atoms with E-state index in [1.807, 2.05) is 0 Å². The second kappa shape index (κ2) is 7.62. The van der Waals surface area contributed by atoms with Crippen molar-refractivity contribution in [3.63, 3.8) is 0 Å². The zero-order valence-electron chi connectivity index (χ0n) is 11.5. The number of aliphatic carboxylic acids is 1. The monoisotopic (exact) mass is 284 g/mol. The smallest absolute Gasteiger partial charge is 0.328 e. The number of hydrogen-bond donors (Lipinski definition) is 1. The lowest BCUT2D eigenvalue weighted by Gasteiger charge is -2.10. The van der Waals surface area contributed by atoms with Gasteiger partial charge in [0, 0.05) is 6.08 Å². The molecule has 5 heteroatoms. The van der Waals surface area contributed by atoms with Crippen LogP contribution in [0.25, 0.3) is 6.08 Å². The van der Waals surface area contributed by atoms with Crippen LogP contribution in [0.5, 0.6) is 5.75 Å². The van der Waals surface area contributed by atoms with Crippen LogP contribution in [0.4, 0.5) is 8.78 Å². The maximum absolute atomic E-state index is 13.7. The SMILES string of the molecule is CC(C)CCCOc1c(F)cc(/C=C/C(=O)O)cc1F. The molecular formula is C15H18F2O3. The van der Waals surface area contributed by atoms with E-state index in [1.165, 1.54) is 0 Å². The third-order valence-corrected chi connectivity index (χ3v) is 2.61. The van der Waals surface area contributed by atoms with Crippen molar-refractivity contribution in [2.45, 2.75) is 26.7 Å². The van der Waals surface area contributed by atoms with Gasteiger partial charge in [0.1, 0.15) is 0 Å². The highest BCUT2D eigenvalue weighted by Crippen LogP contribution is 2.24. The Balaban J connectivity index is 2.71. The van der Waals surface area contributed by atoms with Gasteiger partial charge in [0.05, 0.1) is 6.61 Å². The summed E-state index contributed by atoms with van der Waals surface area (Å²) in [5.74, 6) is -2.75. The summed E-state index contributed by atoms with van der Waals surface area (Å²) in [5, 5.41) is 8.46. The van der Waals surface area contributed by atoms with Crippen LogP contribution < -0.4 is 4.74 Å². The standard InChI is InChI=1S/C15H18F2O3/c1-10(2)4-3-7-20-15-12(16)8-11(9-13(15)17)5-6-14(18)19/h5-6,8-10H,3-4,7H2,1-2H3,(H,18,19)/b6-5+. The Bertz CT molecular complexity index is 473. The lowest BCUT2D eigenvalue weighted by molar-refractivity contribution is -0.131. The second-order valence-electron chi connectivity index (χ2n) is 4.87. The zero-order chi connectivity index (χ0) is 15.1. The molecule has 0 aliphatic carbocycles. The fourth-order valence-corrected chi connectivity index (χ4v) is 1.65. The van der Waals surface area contributed by atoms with Gasteiger partial charge in [0.2, 0.25) is 0 Å². The highest BCUT2D eigenvalue weighted by atomic mass is 19.1. The van der Waals surface area contributed by atoms with E-state index in [0.29, 0.717) is 5.92 Å². The van der Waals surface area contributed by atoms with Gasteiger partial charge in [0.15, 0.2) is 17.4 Å². The summed E-state index contributed by atoms with van der Waals surface area (Å²) < 4.78 is 32.5. The largest absolute Gasteiger partial charge is 0.488 e. The minimum Gasteiger partial charge on any atom is -0.488 e. The maximum Gasteiger partial charge on any atom is 0.328 e. The Morgan fingerprint density at radius 1 is 1.35 bits per heavy atom. The van der Waals surface area contributed by atoms with E-state index in [0.717, 1.165) is 37.1 Å². The molecule has 0 bridgehead atoms. The van der Waals surface area contributed by atoms with Crippen LogP contribution in [0.15, 0.2) is 18.2 Å². The molecule has 0 aliphatic heterocycles. The van der Waals surface area contributed by atoms with Crippen molar-refractivity contribution in [2.24, 2.45) is 5.92 Å². The summed E-state index contributed by atoms with van der Waals surface area (Å²) in [6.07, 6.45) is 3.58. The van der Waals surface area contributed by atoms with Gasteiger partial charge in [-0.3, -0.25) is 0 Å². The highest BCUT2D eigenvalue weighted by Gasteiger charge is 2.12. The van der Waals surface area contributed by atoms with Crippen LogP contribution >= 0.6 is 0 Å². The number of rotatable bonds is 7. The number of hydrogen-bond acceptors (Lipinski definition) is 2. The van der Waals surface area contributed by atoms with E-state index in [9.17, 15) is 13.6 Å². The summed E-state index contributed by atoms with van der Waals surface area (Å²) in [7, 11) is 0. The van der Waals surface area contributed by atoms with E-state index in [2.05, 4.69) is 13.8 Å². The van der Waals surface area contributed by atoms with Gasteiger partial charge >= 0.3 is 5.97 Å². The lowest BCUT2D eigenvalue weighted by Crippen LogP contribution is -2.03. The van der Waals surface area contributed by atoms with Crippen LogP contribution in [-0.4, -0.2) is 17.7 Å². The molecule has 20 heavy (non-hydrogen) atoms. The predicted molar refractivity (Wildman–Crippen MR) is 72.6 cm³/mol. The number of benzene rings is 1. The molecular weight excluding hydrogens is 266 g/mol. The summed E-state index contributed by atoms with van der Waals surface area (Å²) in [6, 6.07) is 2.08.